The third-order valence-corrected chi connectivity index (χ3v) is 4.89. The average molecular weight is 276 g/mol. The Balaban J connectivity index is 1.76. The summed E-state index contributed by atoms with van der Waals surface area (Å²) in [5, 5.41) is 0. The molecule has 1 saturated carbocycles. The van der Waals surface area contributed by atoms with Crippen LogP contribution in [-0.4, -0.2) is 28.0 Å². The predicted octanol–water partition coefficient (Wildman–Crippen LogP) is 2.27. The summed E-state index contributed by atoms with van der Waals surface area (Å²) in [6.45, 7) is 2.10. The highest BCUT2D eigenvalue weighted by molar-refractivity contribution is 7.80. The molecular weight excluding hydrogens is 256 g/mol. The molecule has 2 aliphatic rings. The number of piperidine rings is 1. The summed E-state index contributed by atoms with van der Waals surface area (Å²) in [4.78, 5) is 11.3. The van der Waals surface area contributed by atoms with Crippen molar-refractivity contribution in [2.45, 2.75) is 38.5 Å². The van der Waals surface area contributed by atoms with Gasteiger partial charge in [-0.25, -0.2) is 9.97 Å². The molecular formula is C14H20N4S. The van der Waals surface area contributed by atoms with E-state index in [0.29, 0.717) is 16.1 Å². The molecule has 0 bridgehead atoms. The molecule has 1 aromatic rings. The molecule has 2 heterocycles. The van der Waals surface area contributed by atoms with Gasteiger partial charge < -0.3 is 10.6 Å². The summed E-state index contributed by atoms with van der Waals surface area (Å²) in [5.74, 6) is 0.864. The normalized spacial score (nSPS) is 21.8. The number of rotatable bonds is 2. The maximum atomic E-state index is 5.74. The number of anilines is 1. The molecule has 102 valence electrons. The SMILES string of the molecule is NC(=S)c1nccnc1N1CCC2(CCCC2)CC1. The van der Waals surface area contributed by atoms with Gasteiger partial charge in [-0.2, -0.15) is 0 Å². The number of thiocarbonyl (C=S) groups is 1. The van der Waals surface area contributed by atoms with Crippen molar-refractivity contribution < 1.29 is 0 Å². The van der Waals surface area contributed by atoms with Crippen molar-refractivity contribution in [1.29, 1.82) is 0 Å². The van der Waals surface area contributed by atoms with Gasteiger partial charge in [0.25, 0.3) is 0 Å². The van der Waals surface area contributed by atoms with Gasteiger partial charge >= 0.3 is 0 Å². The number of hydrogen-bond acceptors (Lipinski definition) is 4. The van der Waals surface area contributed by atoms with E-state index in [9.17, 15) is 0 Å². The second-order valence-corrected chi connectivity index (χ2v) is 6.23. The standard InChI is InChI=1S/C14H20N4S/c15-12(19)11-13(17-8-7-16-11)18-9-5-14(6-10-18)3-1-2-4-14/h7-8H,1-6,9-10H2,(H2,15,19). The fraction of sp³-hybridized carbons (Fsp3) is 0.643. The first-order valence-corrected chi connectivity index (χ1v) is 7.47. The third-order valence-electron chi connectivity index (χ3n) is 4.70. The fourth-order valence-corrected chi connectivity index (χ4v) is 3.70. The number of aromatic nitrogens is 2. The highest BCUT2D eigenvalue weighted by Crippen LogP contribution is 2.46. The Morgan fingerprint density at radius 3 is 2.37 bits per heavy atom. The van der Waals surface area contributed by atoms with Crippen LogP contribution in [-0.2, 0) is 0 Å². The largest absolute Gasteiger partial charge is 0.388 e. The van der Waals surface area contributed by atoms with Crippen molar-refractivity contribution in [3.05, 3.63) is 18.1 Å². The van der Waals surface area contributed by atoms with E-state index in [-0.39, 0.29) is 0 Å². The lowest BCUT2D eigenvalue weighted by molar-refractivity contribution is 0.226. The number of nitrogens with two attached hydrogens (primary N) is 1. The fourth-order valence-electron chi connectivity index (χ4n) is 3.55. The predicted molar refractivity (Wildman–Crippen MR) is 80.3 cm³/mol. The zero-order valence-corrected chi connectivity index (χ0v) is 12.0. The summed E-state index contributed by atoms with van der Waals surface area (Å²) in [6, 6.07) is 0. The van der Waals surface area contributed by atoms with Gasteiger partial charge in [0.05, 0.1) is 0 Å². The molecule has 1 aliphatic carbocycles. The van der Waals surface area contributed by atoms with Crippen LogP contribution in [0.5, 0.6) is 0 Å². The topological polar surface area (TPSA) is 55.0 Å². The molecule has 0 radical (unpaired) electrons. The lowest BCUT2D eigenvalue weighted by atomic mass is 9.77. The Hall–Kier alpha value is -1.23. The quantitative estimate of drug-likeness (QED) is 0.840. The first-order valence-electron chi connectivity index (χ1n) is 7.06. The molecule has 0 aromatic carbocycles. The van der Waals surface area contributed by atoms with E-state index in [4.69, 9.17) is 18.0 Å². The molecule has 1 spiro atoms. The Kier molecular flexibility index (Phi) is 3.39. The number of hydrogen-bond donors (Lipinski definition) is 1. The summed E-state index contributed by atoms with van der Waals surface area (Å²) in [6.07, 6.45) is 11.5. The summed E-state index contributed by atoms with van der Waals surface area (Å²) in [7, 11) is 0. The smallest absolute Gasteiger partial charge is 0.157 e. The van der Waals surface area contributed by atoms with E-state index < -0.39 is 0 Å². The molecule has 4 nitrogen and oxygen atoms in total. The molecule has 2 fully saturated rings. The van der Waals surface area contributed by atoms with Gasteiger partial charge in [0.1, 0.15) is 10.7 Å². The van der Waals surface area contributed by atoms with Gasteiger partial charge in [-0.3, -0.25) is 0 Å². The first-order chi connectivity index (χ1) is 9.20. The van der Waals surface area contributed by atoms with Gasteiger partial charge in [-0.1, -0.05) is 25.1 Å². The lowest BCUT2D eigenvalue weighted by Gasteiger charge is -2.40. The third kappa shape index (κ3) is 2.43. The van der Waals surface area contributed by atoms with Crippen molar-refractivity contribution in [3.63, 3.8) is 0 Å². The molecule has 1 aliphatic heterocycles. The summed E-state index contributed by atoms with van der Waals surface area (Å²) >= 11 is 5.07. The van der Waals surface area contributed by atoms with E-state index in [1.807, 2.05) is 0 Å². The number of nitrogens with zero attached hydrogens (tertiary/aromatic N) is 3. The van der Waals surface area contributed by atoms with E-state index in [1.165, 1.54) is 38.5 Å². The monoisotopic (exact) mass is 276 g/mol. The van der Waals surface area contributed by atoms with E-state index >= 15 is 0 Å². The van der Waals surface area contributed by atoms with Gasteiger partial charge in [-0.05, 0) is 31.1 Å². The molecule has 1 saturated heterocycles. The van der Waals surface area contributed by atoms with Gasteiger partial charge in [0, 0.05) is 25.5 Å². The van der Waals surface area contributed by atoms with Gasteiger partial charge in [-0.15, -0.1) is 0 Å². The zero-order valence-electron chi connectivity index (χ0n) is 11.1. The highest BCUT2D eigenvalue weighted by Gasteiger charge is 2.37. The van der Waals surface area contributed by atoms with Gasteiger partial charge in [0.2, 0.25) is 0 Å². The summed E-state index contributed by atoms with van der Waals surface area (Å²) < 4.78 is 0. The maximum absolute atomic E-state index is 5.74. The Morgan fingerprint density at radius 2 is 1.74 bits per heavy atom. The van der Waals surface area contributed by atoms with Crippen LogP contribution < -0.4 is 10.6 Å². The van der Waals surface area contributed by atoms with Gasteiger partial charge in [0.15, 0.2) is 5.82 Å². The molecule has 1 aromatic heterocycles. The Morgan fingerprint density at radius 1 is 1.11 bits per heavy atom. The van der Waals surface area contributed by atoms with Crippen LogP contribution in [0, 0.1) is 5.41 Å². The highest BCUT2D eigenvalue weighted by atomic mass is 32.1. The van der Waals surface area contributed by atoms with Crippen molar-refractivity contribution in [3.8, 4) is 0 Å². The van der Waals surface area contributed by atoms with E-state index in [1.54, 1.807) is 12.4 Å². The minimum Gasteiger partial charge on any atom is -0.388 e. The molecule has 0 unspecified atom stereocenters. The minimum absolute atomic E-state index is 0.337. The maximum Gasteiger partial charge on any atom is 0.157 e. The average Bonchev–Trinajstić information content (AvgIpc) is 2.88. The van der Waals surface area contributed by atoms with Crippen LogP contribution in [0.3, 0.4) is 0 Å². The lowest BCUT2D eigenvalue weighted by Crippen LogP contribution is -2.40. The molecule has 19 heavy (non-hydrogen) atoms. The molecule has 5 heteroatoms. The van der Waals surface area contributed by atoms with E-state index in [2.05, 4.69) is 14.9 Å². The zero-order chi connectivity index (χ0) is 13.3. The Labute approximate surface area is 119 Å². The minimum atomic E-state index is 0.337. The van der Waals surface area contributed by atoms with Crippen LogP contribution in [0.2, 0.25) is 0 Å². The van der Waals surface area contributed by atoms with Crippen molar-refractivity contribution in [2.24, 2.45) is 11.1 Å². The molecule has 2 N–H and O–H groups in total. The first kappa shape index (κ1) is 12.8. The van der Waals surface area contributed by atoms with Crippen LogP contribution in [0.25, 0.3) is 0 Å². The second kappa shape index (κ2) is 5.04. The molecule has 0 atom stereocenters. The van der Waals surface area contributed by atoms with Crippen LogP contribution in [0.1, 0.15) is 44.2 Å². The molecule has 0 amide bonds. The van der Waals surface area contributed by atoms with Crippen LogP contribution >= 0.6 is 12.2 Å². The van der Waals surface area contributed by atoms with E-state index in [0.717, 1.165) is 18.9 Å². The van der Waals surface area contributed by atoms with Crippen molar-refractivity contribution in [1.82, 2.24) is 9.97 Å². The van der Waals surface area contributed by atoms with Crippen LogP contribution in [0.15, 0.2) is 12.4 Å². The molecule has 3 rings (SSSR count). The summed E-state index contributed by atoms with van der Waals surface area (Å²) in [5.41, 5.74) is 7.02. The Bertz CT molecular complexity index is 472. The van der Waals surface area contributed by atoms with Crippen molar-refractivity contribution >= 4 is 23.0 Å². The second-order valence-electron chi connectivity index (χ2n) is 5.79. The van der Waals surface area contributed by atoms with Crippen LogP contribution in [0.4, 0.5) is 5.82 Å². The van der Waals surface area contributed by atoms with Crippen molar-refractivity contribution in [2.75, 3.05) is 18.0 Å².